The lowest BCUT2D eigenvalue weighted by Gasteiger charge is -2.07. The predicted molar refractivity (Wildman–Crippen MR) is 145 cm³/mol. The van der Waals surface area contributed by atoms with Gasteiger partial charge in [-0.3, -0.25) is 4.79 Å². The van der Waals surface area contributed by atoms with Crippen LogP contribution in [0.5, 0.6) is 5.88 Å². The number of carbonyl (C=O) groups is 1. The van der Waals surface area contributed by atoms with Crippen molar-refractivity contribution in [3.8, 4) is 17.1 Å². The molecular formula is C31H22N4O2. The van der Waals surface area contributed by atoms with Crippen LogP contribution in [0.15, 0.2) is 125 Å². The molecule has 2 aromatic heterocycles. The molecule has 0 unspecified atom stereocenters. The number of para-hydroxylation sites is 2. The van der Waals surface area contributed by atoms with E-state index >= 15 is 0 Å². The van der Waals surface area contributed by atoms with E-state index in [1.165, 1.54) is 0 Å². The van der Waals surface area contributed by atoms with Crippen molar-refractivity contribution in [2.45, 2.75) is 6.54 Å². The molecule has 0 spiro atoms. The third-order valence-corrected chi connectivity index (χ3v) is 6.36. The predicted octanol–water partition coefficient (Wildman–Crippen LogP) is 7.53. The zero-order chi connectivity index (χ0) is 25.2. The lowest BCUT2D eigenvalue weighted by Crippen LogP contribution is -1.99. The summed E-state index contributed by atoms with van der Waals surface area (Å²) in [6, 6.07) is 36.4. The molecule has 0 aliphatic rings. The van der Waals surface area contributed by atoms with Gasteiger partial charge in [0.05, 0.1) is 28.8 Å². The Morgan fingerprint density at radius 1 is 0.784 bits per heavy atom. The van der Waals surface area contributed by atoms with E-state index < -0.39 is 5.91 Å². The molecule has 0 radical (unpaired) electrons. The number of fused-ring (bicyclic) bond motifs is 2. The number of benzene rings is 4. The summed E-state index contributed by atoms with van der Waals surface area (Å²) in [5.74, 6) is -0.541. The minimum Gasteiger partial charge on any atom is -0.493 e. The van der Waals surface area contributed by atoms with Gasteiger partial charge in [0.15, 0.2) is 5.69 Å². The summed E-state index contributed by atoms with van der Waals surface area (Å²) < 4.78 is 1.78. The maximum absolute atomic E-state index is 13.4. The van der Waals surface area contributed by atoms with Crippen LogP contribution in [0, 0.1) is 0 Å². The maximum Gasteiger partial charge on any atom is 0.296 e. The Morgan fingerprint density at radius 3 is 2.22 bits per heavy atom. The summed E-state index contributed by atoms with van der Waals surface area (Å²) in [4.78, 5) is 18.1. The normalized spacial score (nSPS) is 11.5. The largest absolute Gasteiger partial charge is 0.493 e. The molecule has 0 atom stereocenters. The summed E-state index contributed by atoms with van der Waals surface area (Å²) in [6.45, 7) is 0.464. The summed E-state index contributed by atoms with van der Waals surface area (Å²) in [7, 11) is 0. The van der Waals surface area contributed by atoms with Crippen LogP contribution in [0.25, 0.3) is 33.1 Å². The Morgan fingerprint density at radius 2 is 1.43 bits per heavy atom. The fraction of sp³-hybridized carbons (Fsp3) is 0.0323. The van der Waals surface area contributed by atoms with E-state index in [4.69, 9.17) is 4.98 Å². The van der Waals surface area contributed by atoms with Crippen molar-refractivity contribution in [1.82, 2.24) is 9.55 Å². The molecule has 6 heteroatoms. The molecule has 1 N–H and O–H groups in total. The van der Waals surface area contributed by atoms with E-state index in [2.05, 4.69) is 10.2 Å². The monoisotopic (exact) mass is 482 g/mol. The van der Waals surface area contributed by atoms with E-state index in [1.54, 1.807) is 10.6 Å². The lowest BCUT2D eigenvalue weighted by molar-refractivity contribution is 0.0996. The minimum absolute atomic E-state index is 0.0360. The highest BCUT2D eigenvalue weighted by Crippen LogP contribution is 2.39. The fourth-order valence-electron chi connectivity index (χ4n) is 4.55. The average molecular weight is 483 g/mol. The highest BCUT2D eigenvalue weighted by molar-refractivity contribution is 6.07. The number of carbonyl (C=O) groups excluding carboxylic acids is 1. The second-order valence-corrected chi connectivity index (χ2v) is 8.70. The topological polar surface area (TPSA) is 79.8 Å². The van der Waals surface area contributed by atoms with Crippen molar-refractivity contribution in [2.24, 2.45) is 10.2 Å². The van der Waals surface area contributed by atoms with Gasteiger partial charge in [-0.1, -0.05) is 97.1 Å². The first-order chi connectivity index (χ1) is 18.2. The van der Waals surface area contributed by atoms with Crippen LogP contribution in [0.2, 0.25) is 0 Å². The quantitative estimate of drug-likeness (QED) is 0.258. The molecule has 6 nitrogen and oxygen atoms in total. The summed E-state index contributed by atoms with van der Waals surface area (Å²) in [5, 5.41) is 20.9. The Bertz CT molecular complexity index is 1770. The van der Waals surface area contributed by atoms with Crippen molar-refractivity contribution < 1.29 is 9.90 Å². The van der Waals surface area contributed by atoms with Gasteiger partial charge >= 0.3 is 0 Å². The number of rotatable bonds is 5. The molecule has 6 aromatic rings. The van der Waals surface area contributed by atoms with Crippen molar-refractivity contribution in [3.05, 3.63) is 126 Å². The molecule has 178 valence electrons. The molecule has 0 fully saturated rings. The van der Waals surface area contributed by atoms with E-state index in [0.29, 0.717) is 28.7 Å². The molecule has 4 aromatic carbocycles. The Kier molecular flexibility index (Phi) is 5.75. The Labute approximate surface area is 213 Å². The van der Waals surface area contributed by atoms with Gasteiger partial charge in [-0.25, -0.2) is 4.98 Å². The van der Waals surface area contributed by atoms with Crippen molar-refractivity contribution in [2.75, 3.05) is 0 Å². The number of azo groups is 1. The molecule has 2 heterocycles. The second-order valence-electron chi connectivity index (χ2n) is 8.70. The summed E-state index contributed by atoms with van der Waals surface area (Å²) in [5.41, 5.74) is 4.80. The van der Waals surface area contributed by atoms with Crippen LogP contribution in [0.1, 0.15) is 15.9 Å². The maximum atomic E-state index is 13.4. The van der Waals surface area contributed by atoms with E-state index in [1.807, 2.05) is 109 Å². The average Bonchev–Trinajstić information content (AvgIpc) is 3.22. The van der Waals surface area contributed by atoms with Gasteiger partial charge in [0.1, 0.15) is 0 Å². The molecule has 0 saturated carbocycles. The molecule has 0 aliphatic heterocycles. The van der Waals surface area contributed by atoms with E-state index in [0.717, 1.165) is 22.0 Å². The van der Waals surface area contributed by atoms with Crippen LogP contribution < -0.4 is 0 Å². The van der Waals surface area contributed by atoms with Crippen molar-refractivity contribution >= 4 is 33.4 Å². The van der Waals surface area contributed by atoms with Crippen LogP contribution in [0.3, 0.4) is 0 Å². The van der Waals surface area contributed by atoms with E-state index in [-0.39, 0.29) is 11.6 Å². The third-order valence-electron chi connectivity index (χ3n) is 6.36. The van der Waals surface area contributed by atoms with Gasteiger partial charge in [0.25, 0.3) is 5.91 Å². The standard InChI is InChI=1S/C31H22N4O2/c36-30(25-19-27(22-13-5-2-6-14-22)32-26-17-9-7-15-23(25)26)34-33-29-24-16-8-10-18-28(24)35(31(29)37)20-21-11-3-1-4-12-21/h1-19,37H,20H2. The lowest BCUT2D eigenvalue weighted by atomic mass is 10.0. The van der Waals surface area contributed by atoms with Crippen molar-refractivity contribution in [1.29, 1.82) is 0 Å². The van der Waals surface area contributed by atoms with Crippen LogP contribution in [-0.2, 0) is 6.54 Å². The highest BCUT2D eigenvalue weighted by Gasteiger charge is 2.18. The van der Waals surface area contributed by atoms with E-state index in [9.17, 15) is 9.90 Å². The van der Waals surface area contributed by atoms with Gasteiger partial charge in [0, 0.05) is 16.3 Å². The van der Waals surface area contributed by atoms with Crippen molar-refractivity contribution in [3.63, 3.8) is 0 Å². The summed E-state index contributed by atoms with van der Waals surface area (Å²) in [6.07, 6.45) is 0. The van der Waals surface area contributed by atoms with Crippen LogP contribution in [-0.4, -0.2) is 20.6 Å². The minimum atomic E-state index is -0.505. The number of hydrogen-bond acceptors (Lipinski definition) is 4. The Hall–Kier alpha value is -5.10. The van der Waals surface area contributed by atoms with Crippen LogP contribution >= 0.6 is 0 Å². The molecule has 1 amide bonds. The third kappa shape index (κ3) is 4.25. The first-order valence-corrected chi connectivity index (χ1v) is 11.9. The molecule has 0 aliphatic carbocycles. The fourth-order valence-corrected chi connectivity index (χ4v) is 4.55. The highest BCUT2D eigenvalue weighted by atomic mass is 16.3. The number of hydrogen-bond donors (Lipinski definition) is 1. The van der Waals surface area contributed by atoms with Gasteiger partial charge < -0.3 is 9.67 Å². The van der Waals surface area contributed by atoms with Gasteiger partial charge in [-0.05, 0) is 23.8 Å². The molecule has 6 rings (SSSR count). The molecule has 0 saturated heterocycles. The Balaban J connectivity index is 1.42. The zero-order valence-electron chi connectivity index (χ0n) is 19.8. The van der Waals surface area contributed by atoms with Gasteiger partial charge in [-0.2, -0.15) is 0 Å². The molecular weight excluding hydrogens is 460 g/mol. The first-order valence-electron chi connectivity index (χ1n) is 11.9. The summed E-state index contributed by atoms with van der Waals surface area (Å²) >= 11 is 0. The zero-order valence-corrected chi connectivity index (χ0v) is 19.8. The number of nitrogens with zero attached hydrogens (tertiary/aromatic N) is 4. The first kappa shape index (κ1) is 22.4. The number of pyridine rings is 1. The smallest absolute Gasteiger partial charge is 0.296 e. The number of aromatic nitrogens is 2. The number of amides is 1. The number of aromatic hydroxyl groups is 1. The van der Waals surface area contributed by atoms with Gasteiger partial charge in [-0.15, -0.1) is 10.2 Å². The molecule has 37 heavy (non-hydrogen) atoms. The SMILES string of the molecule is O=C(N=Nc1c(O)n(Cc2ccccc2)c2ccccc12)c1cc(-c2ccccc2)nc2ccccc12. The second kappa shape index (κ2) is 9.51. The molecule has 0 bridgehead atoms. The van der Waals surface area contributed by atoms with Crippen LogP contribution in [0.4, 0.5) is 5.69 Å². The van der Waals surface area contributed by atoms with Gasteiger partial charge in [0.2, 0.25) is 5.88 Å².